The van der Waals surface area contributed by atoms with Crippen molar-refractivity contribution in [3.63, 3.8) is 0 Å². The lowest BCUT2D eigenvalue weighted by Crippen LogP contribution is -2.34. The summed E-state index contributed by atoms with van der Waals surface area (Å²) >= 11 is 0. The highest BCUT2D eigenvalue weighted by Crippen LogP contribution is 2.26. The molecule has 6 nitrogen and oxygen atoms in total. The Labute approximate surface area is 132 Å². The SMILES string of the molecule is Cc1ncc(CO)c(CN2CCOCC(CN(C)C)C2)c1O. The predicted octanol–water partition coefficient (Wildman–Crippen LogP) is 0.598. The molecule has 0 aliphatic carbocycles. The van der Waals surface area contributed by atoms with E-state index in [9.17, 15) is 10.2 Å². The van der Waals surface area contributed by atoms with Gasteiger partial charge in [-0.25, -0.2) is 0 Å². The number of aryl methyl sites for hydroxylation is 1. The highest BCUT2D eigenvalue weighted by atomic mass is 16.5. The number of aliphatic hydroxyl groups excluding tert-OH is 1. The van der Waals surface area contributed by atoms with Crippen LogP contribution in [0.5, 0.6) is 5.75 Å². The lowest BCUT2D eigenvalue weighted by atomic mass is 10.1. The monoisotopic (exact) mass is 309 g/mol. The molecule has 0 radical (unpaired) electrons. The summed E-state index contributed by atoms with van der Waals surface area (Å²) < 4.78 is 5.69. The average molecular weight is 309 g/mol. The Bertz CT molecular complexity index is 494. The minimum atomic E-state index is -0.109. The minimum absolute atomic E-state index is 0.109. The first-order valence-corrected chi connectivity index (χ1v) is 7.73. The zero-order valence-corrected chi connectivity index (χ0v) is 13.7. The van der Waals surface area contributed by atoms with Gasteiger partial charge in [0.05, 0.1) is 25.5 Å². The summed E-state index contributed by atoms with van der Waals surface area (Å²) in [5, 5.41) is 19.8. The zero-order valence-electron chi connectivity index (χ0n) is 13.7. The number of nitrogens with zero attached hydrogens (tertiary/aromatic N) is 3. The van der Waals surface area contributed by atoms with Gasteiger partial charge in [0.2, 0.25) is 0 Å². The third-order valence-corrected chi connectivity index (χ3v) is 4.03. The Kier molecular flexibility index (Phi) is 6.14. The fourth-order valence-electron chi connectivity index (χ4n) is 2.94. The smallest absolute Gasteiger partial charge is 0.141 e. The number of rotatable bonds is 5. The molecule has 1 aromatic heterocycles. The van der Waals surface area contributed by atoms with Crippen molar-refractivity contribution in [1.82, 2.24) is 14.8 Å². The first kappa shape index (κ1) is 17.1. The molecule has 1 unspecified atom stereocenters. The van der Waals surface area contributed by atoms with Gasteiger partial charge in [-0.15, -0.1) is 0 Å². The van der Waals surface area contributed by atoms with Crippen molar-refractivity contribution in [3.05, 3.63) is 23.0 Å². The first-order valence-electron chi connectivity index (χ1n) is 7.73. The number of aromatic nitrogens is 1. The fourth-order valence-corrected chi connectivity index (χ4v) is 2.94. The van der Waals surface area contributed by atoms with Gasteiger partial charge in [-0.3, -0.25) is 9.88 Å². The maximum atomic E-state index is 10.3. The molecule has 0 saturated carbocycles. The second-order valence-corrected chi connectivity index (χ2v) is 6.29. The van der Waals surface area contributed by atoms with Crippen LogP contribution in [0.1, 0.15) is 16.8 Å². The molecule has 0 aromatic carbocycles. The summed E-state index contributed by atoms with van der Waals surface area (Å²) in [6.07, 6.45) is 1.65. The Morgan fingerprint density at radius 1 is 1.45 bits per heavy atom. The Balaban J connectivity index is 2.13. The van der Waals surface area contributed by atoms with E-state index in [1.807, 2.05) is 0 Å². The normalized spacial score (nSPS) is 20.3. The van der Waals surface area contributed by atoms with Gasteiger partial charge < -0.3 is 19.8 Å². The molecule has 2 N–H and O–H groups in total. The van der Waals surface area contributed by atoms with E-state index in [-0.39, 0.29) is 12.4 Å². The number of aromatic hydroxyl groups is 1. The molecule has 2 heterocycles. The summed E-state index contributed by atoms with van der Waals surface area (Å²) in [6.45, 7) is 6.47. The van der Waals surface area contributed by atoms with Crippen LogP contribution in [0.4, 0.5) is 0 Å². The van der Waals surface area contributed by atoms with Crippen LogP contribution in [0.15, 0.2) is 6.20 Å². The average Bonchev–Trinajstić information content (AvgIpc) is 2.68. The number of pyridine rings is 1. The summed E-state index contributed by atoms with van der Waals surface area (Å²) in [6, 6.07) is 0. The maximum absolute atomic E-state index is 10.3. The van der Waals surface area contributed by atoms with Crippen LogP contribution >= 0.6 is 0 Å². The van der Waals surface area contributed by atoms with Gasteiger partial charge in [-0.05, 0) is 21.0 Å². The van der Waals surface area contributed by atoms with E-state index >= 15 is 0 Å². The molecule has 1 atom stereocenters. The van der Waals surface area contributed by atoms with Gasteiger partial charge in [-0.1, -0.05) is 0 Å². The zero-order chi connectivity index (χ0) is 16.1. The van der Waals surface area contributed by atoms with E-state index in [2.05, 4.69) is 28.9 Å². The molecule has 1 aliphatic heterocycles. The van der Waals surface area contributed by atoms with Crippen LogP contribution < -0.4 is 0 Å². The molecule has 1 fully saturated rings. The quantitative estimate of drug-likeness (QED) is 0.830. The summed E-state index contributed by atoms with van der Waals surface area (Å²) in [7, 11) is 4.13. The second kappa shape index (κ2) is 7.87. The summed E-state index contributed by atoms with van der Waals surface area (Å²) in [5.74, 6) is 0.640. The van der Waals surface area contributed by atoms with Gasteiger partial charge in [0.25, 0.3) is 0 Å². The Morgan fingerprint density at radius 2 is 2.23 bits per heavy atom. The van der Waals surface area contributed by atoms with E-state index in [0.29, 0.717) is 30.3 Å². The maximum Gasteiger partial charge on any atom is 0.141 e. The first-order chi connectivity index (χ1) is 10.5. The van der Waals surface area contributed by atoms with Crippen LogP contribution in [0.25, 0.3) is 0 Å². The highest BCUT2D eigenvalue weighted by molar-refractivity contribution is 5.40. The van der Waals surface area contributed by atoms with Crippen molar-refractivity contribution < 1.29 is 14.9 Å². The van der Waals surface area contributed by atoms with Gasteiger partial charge in [-0.2, -0.15) is 0 Å². The fraction of sp³-hybridized carbons (Fsp3) is 0.688. The third-order valence-electron chi connectivity index (χ3n) is 4.03. The second-order valence-electron chi connectivity index (χ2n) is 6.29. The molecule has 22 heavy (non-hydrogen) atoms. The third kappa shape index (κ3) is 4.39. The van der Waals surface area contributed by atoms with Crippen molar-refractivity contribution in [3.8, 4) is 5.75 Å². The van der Waals surface area contributed by atoms with Crippen LogP contribution in [-0.4, -0.2) is 71.9 Å². The molecule has 0 bridgehead atoms. The van der Waals surface area contributed by atoms with E-state index in [4.69, 9.17) is 4.74 Å². The standard InChI is InChI=1S/C16H27N3O3/c1-12-16(21)15(14(10-20)6-17-12)9-19-4-5-22-11-13(8-19)7-18(2)3/h6,13,20-21H,4-5,7-11H2,1-3H3. The number of hydrogen-bond acceptors (Lipinski definition) is 6. The van der Waals surface area contributed by atoms with Crippen molar-refractivity contribution >= 4 is 0 Å². The van der Waals surface area contributed by atoms with E-state index in [1.54, 1.807) is 13.1 Å². The van der Waals surface area contributed by atoms with Gasteiger partial charge in [0.15, 0.2) is 0 Å². The molecular weight excluding hydrogens is 282 g/mol. The topological polar surface area (TPSA) is 69.1 Å². The molecule has 6 heteroatoms. The number of ether oxygens (including phenoxy) is 1. The van der Waals surface area contributed by atoms with Crippen molar-refractivity contribution in [2.24, 2.45) is 5.92 Å². The molecule has 124 valence electrons. The van der Waals surface area contributed by atoms with Crippen molar-refractivity contribution in [1.29, 1.82) is 0 Å². The summed E-state index contributed by atoms with van der Waals surface area (Å²) in [4.78, 5) is 8.57. The van der Waals surface area contributed by atoms with Gasteiger partial charge in [0, 0.05) is 49.4 Å². The Morgan fingerprint density at radius 3 is 2.91 bits per heavy atom. The van der Waals surface area contributed by atoms with Crippen LogP contribution in [0.2, 0.25) is 0 Å². The number of aliphatic hydroxyl groups is 1. The van der Waals surface area contributed by atoms with Crippen LogP contribution in [-0.2, 0) is 17.9 Å². The lowest BCUT2D eigenvalue weighted by molar-refractivity contribution is 0.112. The molecule has 2 rings (SSSR count). The lowest BCUT2D eigenvalue weighted by Gasteiger charge is -2.26. The van der Waals surface area contributed by atoms with Crippen LogP contribution in [0.3, 0.4) is 0 Å². The molecule has 1 saturated heterocycles. The molecule has 1 aromatic rings. The van der Waals surface area contributed by atoms with E-state index < -0.39 is 0 Å². The highest BCUT2D eigenvalue weighted by Gasteiger charge is 2.22. The van der Waals surface area contributed by atoms with E-state index in [0.717, 1.165) is 31.8 Å². The largest absolute Gasteiger partial charge is 0.506 e. The predicted molar refractivity (Wildman–Crippen MR) is 84.7 cm³/mol. The molecular formula is C16H27N3O3. The van der Waals surface area contributed by atoms with Crippen LogP contribution in [0, 0.1) is 12.8 Å². The number of hydrogen-bond donors (Lipinski definition) is 2. The molecule has 1 aliphatic rings. The molecule has 0 amide bonds. The van der Waals surface area contributed by atoms with Gasteiger partial charge >= 0.3 is 0 Å². The van der Waals surface area contributed by atoms with E-state index in [1.165, 1.54) is 0 Å². The van der Waals surface area contributed by atoms with Gasteiger partial charge in [0.1, 0.15) is 5.75 Å². The van der Waals surface area contributed by atoms with Crippen molar-refractivity contribution in [2.45, 2.75) is 20.1 Å². The summed E-state index contributed by atoms with van der Waals surface area (Å²) in [5.41, 5.74) is 2.07. The minimum Gasteiger partial charge on any atom is -0.506 e. The molecule has 0 spiro atoms. The Hall–Kier alpha value is -1.21. The van der Waals surface area contributed by atoms with Crippen molar-refractivity contribution in [2.75, 3.05) is 46.9 Å².